The van der Waals surface area contributed by atoms with Crippen LogP contribution in [0.4, 0.5) is 36.4 Å². The van der Waals surface area contributed by atoms with Gasteiger partial charge in [-0.1, -0.05) is 12.1 Å². The number of benzene rings is 2. The summed E-state index contributed by atoms with van der Waals surface area (Å²) in [4.78, 5) is 14.6. The molecule has 0 saturated carbocycles. The molecular formula is C25H26F7N3O3S. The highest BCUT2D eigenvalue weighted by Gasteiger charge is 2.57. The normalized spacial score (nSPS) is 22.8. The standard InChI is InChI=1S/C25H26F7N3O3S/c26-17-3-6-19(7-4-17)39(38)35-18(12-21(36)34-10-9-23(37,13-33)14-34)5-1-15-11-16(2-8-20(15)35)22(24(27,28)29)25(30,31)32/h2-4,6-8,11,18,22,37H,1,5,9-10,12-14,33H2/t18-,23?,39?/m0/s1. The first-order valence-electron chi connectivity index (χ1n) is 12.1. The van der Waals surface area contributed by atoms with Gasteiger partial charge in [-0.25, -0.2) is 8.60 Å². The summed E-state index contributed by atoms with van der Waals surface area (Å²) in [6.07, 6.45) is -10.9. The SMILES string of the molecule is NCC1(O)CCN(C(=O)C[C@@H]2CCc3cc(C(C(F)(F)F)C(F)(F)F)ccc3N2S(=O)c2ccc(F)cc2)C1. The summed E-state index contributed by atoms with van der Waals surface area (Å²) >= 11 is 0. The number of carbonyl (C=O) groups is 1. The molecule has 1 fully saturated rings. The number of likely N-dealkylation sites (tertiary alicyclic amines) is 1. The van der Waals surface area contributed by atoms with Crippen molar-refractivity contribution in [2.75, 3.05) is 23.9 Å². The van der Waals surface area contributed by atoms with Gasteiger partial charge in [0.25, 0.3) is 0 Å². The number of β-amino-alcohol motifs (C(OH)–C–C–N with tert-alkyl or cyclic N) is 1. The van der Waals surface area contributed by atoms with E-state index in [1.54, 1.807) is 0 Å². The van der Waals surface area contributed by atoms with E-state index in [0.717, 1.165) is 24.3 Å². The van der Waals surface area contributed by atoms with Gasteiger partial charge < -0.3 is 15.7 Å². The molecule has 0 radical (unpaired) electrons. The van der Waals surface area contributed by atoms with E-state index in [0.29, 0.717) is 6.07 Å². The van der Waals surface area contributed by atoms with Gasteiger partial charge in [0.2, 0.25) is 5.91 Å². The van der Waals surface area contributed by atoms with Crippen LogP contribution in [-0.2, 0) is 22.2 Å². The number of carbonyl (C=O) groups excluding carboxylic acids is 1. The Bertz CT molecular complexity index is 1220. The lowest BCUT2D eigenvalue weighted by Gasteiger charge is -2.38. The van der Waals surface area contributed by atoms with Crippen LogP contribution in [0, 0.1) is 5.82 Å². The van der Waals surface area contributed by atoms with Crippen LogP contribution in [0.3, 0.4) is 0 Å². The summed E-state index contributed by atoms with van der Waals surface area (Å²) in [5.74, 6) is -4.67. The molecule has 0 aromatic heterocycles. The molecule has 2 unspecified atom stereocenters. The molecule has 39 heavy (non-hydrogen) atoms. The lowest BCUT2D eigenvalue weighted by molar-refractivity contribution is -0.253. The second kappa shape index (κ2) is 10.7. The predicted molar refractivity (Wildman–Crippen MR) is 129 cm³/mol. The second-order valence-electron chi connectivity index (χ2n) is 9.82. The number of anilines is 1. The number of halogens is 7. The molecule has 0 spiro atoms. The van der Waals surface area contributed by atoms with E-state index >= 15 is 0 Å². The maximum absolute atomic E-state index is 13.6. The molecule has 2 aliphatic rings. The fourth-order valence-electron chi connectivity index (χ4n) is 5.04. The minimum absolute atomic E-state index is 0.00627. The number of alkyl halides is 6. The Morgan fingerprint density at radius 3 is 2.31 bits per heavy atom. The van der Waals surface area contributed by atoms with Gasteiger partial charge in [0.15, 0.2) is 16.9 Å². The summed E-state index contributed by atoms with van der Waals surface area (Å²) in [6.45, 7) is 0.205. The van der Waals surface area contributed by atoms with Crippen molar-refractivity contribution in [2.45, 2.75) is 60.5 Å². The highest BCUT2D eigenvalue weighted by Crippen LogP contribution is 2.48. The minimum atomic E-state index is -5.58. The summed E-state index contributed by atoms with van der Waals surface area (Å²) < 4.78 is 109. The van der Waals surface area contributed by atoms with Crippen LogP contribution >= 0.6 is 0 Å². The van der Waals surface area contributed by atoms with Crippen LogP contribution in [-0.4, -0.2) is 63.8 Å². The number of hydrogen-bond acceptors (Lipinski definition) is 4. The number of aliphatic hydroxyl groups is 1. The minimum Gasteiger partial charge on any atom is -0.387 e. The second-order valence-corrected chi connectivity index (χ2v) is 11.2. The van der Waals surface area contributed by atoms with Crippen LogP contribution in [0.5, 0.6) is 0 Å². The van der Waals surface area contributed by atoms with Crippen molar-refractivity contribution in [1.82, 2.24) is 4.90 Å². The zero-order chi connectivity index (χ0) is 28.8. The smallest absolute Gasteiger partial charge is 0.387 e. The van der Waals surface area contributed by atoms with Gasteiger partial charge in [0.1, 0.15) is 5.82 Å². The number of amides is 1. The summed E-state index contributed by atoms with van der Waals surface area (Å²) in [6, 6.07) is 6.45. The third-order valence-corrected chi connectivity index (χ3v) is 8.60. The van der Waals surface area contributed by atoms with E-state index in [2.05, 4.69) is 0 Å². The molecular weight excluding hydrogens is 555 g/mol. The zero-order valence-electron chi connectivity index (χ0n) is 20.4. The van der Waals surface area contributed by atoms with Crippen molar-refractivity contribution >= 4 is 22.6 Å². The molecule has 1 saturated heterocycles. The molecule has 6 nitrogen and oxygen atoms in total. The van der Waals surface area contributed by atoms with Crippen LogP contribution in [0.25, 0.3) is 0 Å². The number of aryl methyl sites for hydroxylation is 1. The Kier molecular flexibility index (Phi) is 8.03. The molecule has 3 N–H and O–H groups in total. The van der Waals surface area contributed by atoms with Crippen molar-refractivity contribution in [3.8, 4) is 0 Å². The van der Waals surface area contributed by atoms with Crippen molar-refractivity contribution in [3.05, 3.63) is 59.4 Å². The Hall–Kier alpha value is -2.71. The van der Waals surface area contributed by atoms with Gasteiger partial charge in [-0.2, -0.15) is 26.3 Å². The van der Waals surface area contributed by atoms with Gasteiger partial charge in [-0.3, -0.25) is 9.10 Å². The molecule has 2 aromatic rings. The van der Waals surface area contributed by atoms with Crippen molar-refractivity contribution < 1.29 is 44.8 Å². The van der Waals surface area contributed by atoms with Crippen LogP contribution in [0.1, 0.15) is 36.3 Å². The highest BCUT2D eigenvalue weighted by atomic mass is 32.2. The van der Waals surface area contributed by atoms with Gasteiger partial charge in [-0.05, 0) is 60.7 Å². The Morgan fingerprint density at radius 1 is 1.10 bits per heavy atom. The van der Waals surface area contributed by atoms with Crippen LogP contribution in [0.15, 0.2) is 47.4 Å². The fraction of sp³-hybridized carbons (Fsp3) is 0.480. The lowest BCUT2D eigenvalue weighted by atomic mass is 9.90. The number of fused-ring (bicyclic) bond motifs is 1. The average Bonchev–Trinajstić information content (AvgIpc) is 3.25. The van der Waals surface area contributed by atoms with E-state index in [9.17, 15) is 44.8 Å². The third-order valence-electron chi connectivity index (χ3n) is 7.08. The first-order valence-corrected chi connectivity index (χ1v) is 13.2. The Morgan fingerprint density at radius 2 is 1.74 bits per heavy atom. The van der Waals surface area contributed by atoms with Crippen LogP contribution < -0.4 is 10.0 Å². The molecule has 214 valence electrons. The highest BCUT2D eigenvalue weighted by molar-refractivity contribution is 7.86. The summed E-state index contributed by atoms with van der Waals surface area (Å²) in [5, 5.41) is 10.4. The number of rotatable bonds is 6. The van der Waals surface area contributed by atoms with Gasteiger partial charge in [0, 0.05) is 19.5 Å². The number of nitrogens with zero attached hydrogens (tertiary/aromatic N) is 2. The van der Waals surface area contributed by atoms with E-state index in [-0.39, 0.29) is 67.4 Å². The average molecular weight is 582 g/mol. The zero-order valence-corrected chi connectivity index (χ0v) is 21.3. The largest absolute Gasteiger partial charge is 0.404 e. The van der Waals surface area contributed by atoms with Gasteiger partial charge >= 0.3 is 12.4 Å². The first-order chi connectivity index (χ1) is 18.1. The molecule has 0 aliphatic carbocycles. The van der Waals surface area contributed by atoms with Crippen molar-refractivity contribution in [1.29, 1.82) is 0 Å². The molecule has 2 aliphatic heterocycles. The fourth-order valence-corrected chi connectivity index (χ4v) is 6.44. The Balaban J connectivity index is 1.70. The number of hydrogen-bond donors (Lipinski definition) is 2. The van der Waals surface area contributed by atoms with E-state index in [1.165, 1.54) is 21.3 Å². The summed E-state index contributed by atoms with van der Waals surface area (Å²) in [5.41, 5.74) is 3.60. The molecule has 0 bridgehead atoms. The maximum Gasteiger partial charge on any atom is 0.404 e. The lowest BCUT2D eigenvalue weighted by Crippen LogP contribution is -2.46. The molecule has 14 heteroatoms. The molecule has 4 rings (SSSR count). The first kappa shape index (κ1) is 29.3. The summed E-state index contributed by atoms with van der Waals surface area (Å²) in [7, 11) is -2.07. The number of nitrogens with two attached hydrogens (primary N) is 1. The van der Waals surface area contributed by atoms with E-state index < -0.39 is 52.3 Å². The Labute approximate surface area is 222 Å². The van der Waals surface area contributed by atoms with Gasteiger partial charge in [-0.15, -0.1) is 0 Å². The monoisotopic (exact) mass is 581 g/mol. The topological polar surface area (TPSA) is 86.9 Å². The van der Waals surface area contributed by atoms with E-state index in [4.69, 9.17) is 5.73 Å². The van der Waals surface area contributed by atoms with Gasteiger partial charge in [0.05, 0.1) is 28.8 Å². The molecule has 2 heterocycles. The predicted octanol–water partition coefficient (Wildman–Crippen LogP) is 4.19. The molecule has 3 atom stereocenters. The maximum atomic E-state index is 13.6. The quantitative estimate of drug-likeness (QED) is 0.501. The molecule has 2 aromatic carbocycles. The van der Waals surface area contributed by atoms with Crippen molar-refractivity contribution in [2.24, 2.45) is 5.73 Å². The van der Waals surface area contributed by atoms with Crippen molar-refractivity contribution in [3.63, 3.8) is 0 Å². The molecule has 1 amide bonds. The third kappa shape index (κ3) is 6.22. The van der Waals surface area contributed by atoms with E-state index in [1.807, 2.05) is 0 Å². The van der Waals surface area contributed by atoms with Crippen LogP contribution in [0.2, 0.25) is 0 Å².